The highest BCUT2D eigenvalue weighted by Gasteiger charge is 2.23. The van der Waals surface area contributed by atoms with Crippen molar-refractivity contribution < 1.29 is 13.2 Å². The normalized spacial score (nSPS) is 11.5. The number of nitrogens with one attached hydrogen (secondary N) is 2. The zero-order chi connectivity index (χ0) is 19.2. The number of hydrogen-bond donors (Lipinski definition) is 2. The van der Waals surface area contributed by atoms with Gasteiger partial charge in [0.05, 0.1) is 6.54 Å². The third-order valence-electron chi connectivity index (χ3n) is 3.90. The number of carbonyl (C=O) groups excluding carboxylic acids is 1. The van der Waals surface area contributed by atoms with E-state index >= 15 is 0 Å². The predicted octanol–water partition coefficient (Wildman–Crippen LogP) is 3.09. The van der Waals surface area contributed by atoms with Gasteiger partial charge in [-0.2, -0.15) is 4.31 Å². The molecule has 0 atom stereocenters. The van der Waals surface area contributed by atoms with E-state index in [1.165, 1.54) is 15.6 Å². The van der Waals surface area contributed by atoms with E-state index in [1.807, 2.05) is 45.0 Å². The van der Waals surface area contributed by atoms with E-state index < -0.39 is 10.0 Å². The number of benzene rings is 1. The summed E-state index contributed by atoms with van der Waals surface area (Å²) in [5.74, 6) is 0. The first-order valence-electron chi connectivity index (χ1n) is 8.53. The smallest absolute Gasteiger partial charge is 0.315 e. The van der Waals surface area contributed by atoms with Crippen LogP contribution in [-0.2, 0) is 23.1 Å². The molecule has 2 amide bonds. The molecule has 0 aliphatic carbocycles. The molecule has 142 valence electrons. The van der Waals surface area contributed by atoms with Crippen LogP contribution in [0.2, 0.25) is 0 Å². The van der Waals surface area contributed by atoms with E-state index in [1.54, 1.807) is 12.1 Å². The Morgan fingerprint density at radius 3 is 2.42 bits per heavy atom. The predicted molar refractivity (Wildman–Crippen MR) is 105 cm³/mol. The summed E-state index contributed by atoms with van der Waals surface area (Å²) in [6.07, 6.45) is 0. The Morgan fingerprint density at radius 1 is 1.08 bits per heavy atom. The van der Waals surface area contributed by atoms with Crippen LogP contribution in [0.25, 0.3) is 0 Å². The molecule has 0 saturated heterocycles. The molecule has 2 aromatic rings. The molecule has 0 radical (unpaired) electrons. The minimum atomic E-state index is -3.45. The summed E-state index contributed by atoms with van der Waals surface area (Å²) in [5.41, 5.74) is 2.18. The molecule has 2 N–H and O–H groups in total. The molecule has 0 fully saturated rings. The number of sulfonamides is 1. The van der Waals surface area contributed by atoms with Crippen molar-refractivity contribution in [3.63, 3.8) is 0 Å². The van der Waals surface area contributed by atoms with Crippen molar-refractivity contribution in [1.82, 2.24) is 14.9 Å². The fourth-order valence-electron chi connectivity index (χ4n) is 2.52. The second-order valence-electron chi connectivity index (χ2n) is 5.84. The first kappa shape index (κ1) is 20.4. The van der Waals surface area contributed by atoms with Crippen LogP contribution in [0.1, 0.15) is 29.9 Å². The van der Waals surface area contributed by atoms with E-state index in [2.05, 4.69) is 10.6 Å². The molecule has 0 saturated carbocycles. The molecule has 6 nitrogen and oxygen atoms in total. The Hall–Kier alpha value is -1.90. The highest BCUT2D eigenvalue weighted by atomic mass is 32.2. The average molecular weight is 396 g/mol. The topological polar surface area (TPSA) is 78.5 Å². The second kappa shape index (κ2) is 9.16. The lowest BCUT2D eigenvalue weighted by molar-refractivity contribution is 0.240. The van der Waals surface area contributed by atoms with Gasteiger partial charge in [-0.1, -0.05) is 43.7 Å². The molecular formula is C18H25N3O3S2. The first-order chi connectivity index (χ1) is 12.4. The minimum Gasteiger partial charge on any atom is -0.334 e. The summed E-state index contributed by atoms with van der Waals surface area (Å²) < 4.78 is 26.7. The Bertz CT molecular complexity index is 843. The number of nitrogens with zero attached hydrogens (tertiary/aromatic N) is 1. The van der Waals surface area contributed by atoms with Crippen molar-refractivity contribution in [2.45, 2.75) is 38.1 Å². The zero-order valence-electron chi connectivity index (χ0n) is 15.3. The van der Waals surface area contributed by atoms with Gasteiger partial charge in [0.1, 0.15) is 4.21 Å². The van der Waals surface area contributed by atoms with E-state index in [-0.39, 0.29) is 12.6 Å². The van der Waals surface area contributed by atoms with Gasteiger partial charge in [-0.05, 0) is 24.6 Å². The Kier molecular flexibility index (Phi) is 7.19. The standard InChI is InChI=1S/C18H25N3O3S2/c1-4-21(5-2)26(23,24)17-10-9-16(25-17)13-20-18(22)19-12-15-8-6-7-14(3)11-15/h6-11H,4-5,12-13H2,1-3H3,(H2,19,20,22). The minimum absolute atomic E-state index is 0.284. The molecule has 1 heterocycles. The highest BCUT2D eigenvalue weighted by Crippen LogP contribution is 2.24. The summed E-state index contributed by atoms with van der Waals surface area (Å²) in [5, 5.41) is 5.56. The van der Waals surface area contributed by atoms with Crippen molar-refractivity contribution in [3.8, 4) is 0 Å². The van der Waals surface area contributed by atoms with Gasteiger partial charge >= 0.3 is 6.03 Å². The van der Waals surface area contributed by atoms with Gasteiger partial charge in [-0.3, -0.25) is 0 Å². The highest BCUT2D eigenvalue weighted by molar-refractivity contribution is 7.91. The van der Waals surface area contributed by atoms with Crippen molar-refractivity contribution in [1.29, 1.82) is 0 Å². The maximum Gasteiger partial charge on any atom is 0.315 e. The number of amides is 2. The molecule has 8 heteroatoms. The zero-order valence-corrected chi connectivity index (χ0v) is 16.9. The van der Waals surface area contributed by atoms with Crippen LogP contribution >= 0.6 is 11.3 Å². The molecule has 0 aliphatic rings. The molecule has 1 aromatic carbocycles. The maximum atomic E-state index is 12.5. The van der Waals surface area contributed by atoms with E-state index in [4.69, 9.17) is 0 Å². The first-order valence-corrected chi connectivity index (χ1v) is 10.8. The monoisotopic (exact) mass is 395 g/mol. The van der Waals surface area contributed by atoms with Gasteiger partial charge in [0, 0.05) is 24.5 Å². The Labute approximate surface area is 159 Å². The third kappa shape index (κ3) is 5.30. The van der Waals surface area contributed by atoms with Gasteiger partial charge in [-0.15, -0.1) is 11.3 Å². The van der Waals surface area contributed by atoms with Crippen LogP contribution in [0.5, 0.6) is 0 Å². The molecule has 0 spiro atoms. The quantitative estimate of drug-likeness (QED) is 0.721. The number of hydrogen-bond acceptors (Lipinski definition) is 4. The fourth-order valence-corrected chi connectivity index (χ4v) is 5.42. The van der Waals surface area contributed by atoms with Crippen LogP contribution < -0.4 is 10.6 Å². The summed E-state index contributed by atoms with van der Waals surface area (Å²) in [6.45, 7) is 7.24. The summed E-state index contributed by atoms with van der Waals surface area (Å²) in [4.78, 5) is 12.7. The summed E-state index contributed by atoms with van der Waals surface area (Å²) in [7, 11) is -3.45. The van der Waals surface area contributed by atoms with Crippen LogP contribution in [0.3, 0.4) is 0 Å². The number of carbonyl (C=O) groups is 1. The van der Waals surface area contributed by atoms with Gasteiger partial charge in [0.15, 0.2) is 0 Å². The molecule has 0 aliphatic heterocycles. The van der Waals surface area contributed by atoms with Crippen molar-refractivity contribution >= 4 is 27.4 Å². The van der Waals surface area contributed by atoms with Crippen LogP contribution in [-0.4, -0.2) is 31.8 Å². The number of rotatable bonds is 8. The molecule has 2 rings (SSSR count). The van der Waals surface area contributed by atoms with Crippen molar-refractivity contribution in [2.24, 2.45) is 0 Å². The molecule has 1 aromatic heterocycles. The fraction of sp³-hybridized carbons (Fsp3) is 0.389. The summed E-state index contributed by atoms with van der Waals surface area (Å²) in [6, 6.07) is 11.0. The Balaban J connectivity index is 1.88. The van der Waals surface area contributed by atoms with E-state index in [0.29, 0.717) is 23.8 Å². The SMILES string of the molecule is CCN(CC)S(=O)(=O)c1ccc(CNC(=O)NCc2cccc(C)c2)s1. The Morgan fingerprint density at radius 2 is 1.77 bits per heavy atom. The van der Waals surface area contributed by atoms with Gasteiger partial charge in [0.25, 0.3) is 10.0 Å². The third-order valence-corrected chi connectivity index (χ3v) is 7.50. The molecule has 0 bridgehead atoms. The number of thiophene rings is 1. The van der Waals surface area contributed by atoms with Crippen molar-refractivity contribution in [3.05, 3.63) is 52.4 Å². The van der Waals surface area contributed by atoms with Crippen LogP contribution in [0.4, 0.5) is 4.79 Å². The molecule has 0 unspecified atom stereocenters. The number of aryl methyl sites for hydroxylation is 1. The lowest BCUT2D eigenvalue weighted by atomic mass is 10.1. The van der Waals surface area contributed by atoms with Gasteiger partial charge in [0.2, 0.25) is 0 Å². The van der Waals surface area contributed by atoms with Crippen LogP contribution in [0.15, 0.2) is 40.6 Å². The van der Waals surface area contributed by atoms with Crippen molar-refractivity contribution in [2.75, 3.05) is 13.1 Å². The maximum absolute atomic E-state index is 12.5. The molecular weight excluding hydrogens is 370 g/mol. The van der Waals surface area contributed by atoms with Gasteiger partial charge < -0.3 is 10.6 Å². The van der Waals surface area contributed by atoms with E-state index in [0.717, 1.165) is 16.0 Å². The lowest BCUT2D eigenvalue weighted by Gasteiger charge is -2.16. The average Bonchev–Trinajstić information content (AvgIpc) is 3.09. The van der Waals surface area contributed by atoms with E-state index in [9.17, 15) is 13.2 Å². The van der Waals surface area contributed by atoms with Crippen LogP contribution in [0, 0.1) is 6.92 Å². The lowest BCUT2D eigenvalue weighted by Crippen LogP contribution is -2.34. The van der Waals surface area contributed by atoms with Gasteiger partial charge in [-0.25, -0.2) is 13.2 Å². The number of urea groups is 1. The second-order valence-corrected chi connectivity index (χ2v) is 9.17. The largest absolute Gasteiger partial charge is 0.334 e. The molecule has 26 heavy (non-hydrogen) atoms. The summed E-state index contributed by atoms with van der Waals surface area (Å²) >= 11 is 1.19.